The van der Waals surface area contributed by atoms with Crippen molar-refractivity contribution >= 4 is 21.8 Å². The number of benzene rings is 5. The van der Waals surface area contributed by atoms with E-state index >= 15 is 0 Å². The minimum absolute atomic E-state index is 0.0610. The van der Waals surface area contributed by atoms with Gasteiger partial charge in [0, 0.05) is 52.6 Å². The third kappa shape index (κ3) is 6.95. The van der Waals surface area contributed by atoms with Gasteiger partial charge in [0.25, 0.3) is 0 Å². The summed E-state index contributed by atoms with van der Waals surface area (Å²) in [4.78, 5) is 24.6. The molecule has 9 aromatic rings. The highest BCUT2D eigenvalue weighted by atomic mass is 16.5. The molecule has 4 aromatic heterocycles. The van der Waals surface area contributed by atoms with Crippen molar-refractivity contribution in [1.29, 1.82) is 0 Å². The van der Waals surface area contributed by atoms with Gasteiger partial charge in [-0.25, -0.2) is 24.9 Å². The van der Waals surface area contributed by atoms with Gasteiger partial charge in [-0.3, -0.25) is 4.57 Å². The normalized spacial score (nSPS) is 12.0. The van der Waals surface area contributed by atoms with Crippen LogP contribution in [0.4, 0.5) is 0 Å². The average Bonchev–Trinajstić information content (AvgIpc) is 3.87. The Balaban J connectivity index is 1.34. The van der Waals surface area contributed by atoms with Crippen molar-refractivity contribution in [3.05, 3.63) is 163 Å². The average molecular weight is 746 g/mol. The number of nitrogens with zero attached hydrogens (tertiary/aromatic N) is 7. The summed E-state index contributed by atoms with van der Waals surface area (Å²) in [5.74, 6) is 3.78. The second-order valence-electron chi connectivity index (χ2n) is 16.4. The quantitative estimate of drug-likeness (QED) is 0.161. The Morgan fingerprint density at radius 3 is 1.84 bits per heavy atom. The van der Waals surface area contributed by atoms with E-state index in [-0.39, 0.29) is 10.8 Å². The van der Waals surface area contributed by atoms with Crippen molar-refractivity contribution in [3.8, 4) is 57.2 Å². The van der Waals surface area contributed by atoms with Gasteiger partial charge in [0.1, 0.15) is 17.3 Å². The second kappa shape index (κ2) is 14.0. The van der Waals surface area contributed by atoms with Crippen LogP contribution in [0.1, 0.15) is 52.7 Å². The minimum Gasteiger partial charge on any atom is -0.456 e. The molecule has 8 nitrogen and oxygen atoms in total. The summed E-state index contributed by atoms with van der Waals surface area (Å²) in [6.45, 7) is 13.3. The molecule has 0 aliphatic carbocycles. The highest BCUT2D eigenvalue weighted by Gasteiger charge is 2.24. The van der Waals surface area contributed by atoms with Crippen LogP contribution in [0, 0.1) is 0 Å². The van der Waals surface area contributed by atoms with Gasteiger partial charge in [-0.15, -0.1) is 0 Å². The second-order valence-corrected chi connectivity index (χ2v) is 16.4. The maximum absolute atomic E-state index is 7.13. The molecule has 0 saturated heterocycles. The van der Waals surface area contributed by atoms with E-state index in [9.17, 15) is 0 Å². The Hall–Kier alpha value is -6.93. The van der Waals surface area contributed by atoms with Crippen LogP contribution in [0.25, 0.3) is 67.5 Å². The largest absolute Gasteiger partial charge is 0.456 e. The molecule has 0 aliphatic rings. The monoisotopic (exact) mass is 745 g/mol. The van der Waals surface area contributed by atoms with Crippen molar-refractivity contribution in [1.82, 2.24) is 34.1 Å². The number of aromatic nitrogens is 7. The van der Waals surface area contributed by atoms with Crippen LogP contribution in [0.2, 0.25) is 0 Å². The van der Waals surface area contributed by atoms with Crippen molar-refractivity contribution < 1.29 is 4.74 Å². The maximum Gasteiger partial charge on any atom is 0.167 e. The molecule has 0 aliphatic heterocycles. The first-order valence-corrected chi connectivity index (χ1v) is 19.2. The number of imidazole rings is 1. The molecule has 0 N–H and O–H groups in total. The van der Waals surface area contributed by atoms with Crippen LogP contribution < -0.4 is 4.74 Å². The SMILES string of the molecule is CC(C)(C)c1cc(Oc2cc3c(cc2-c2nc(-c4ccccc4)nc(-c4ccccc4)n2)c2ccccc2n3-c2cc(C(C)(C)C)ccn2)cc(-n2ccnc2)c1. The standard InChI is InChI=1S/C49H43N7O/c1-48(2,3)34-21-22-51-44(27-34)56-41-20-14-13-19-38(41)39-29-40(47-53-45(32-15-9-7-10-16-32)52-46(54-47)33-17-11-8-12-18-33)43(30-42(39)56)57-37-26-35(49(4,5)6)25-36(28-37)55-24-23-50-31-55/h7-31H,1-6H3. The van der Waals surface area contributed by atoms with Crippen molar-refractivity contribution in [3.63, 3.8) is 0 Å². The number of para-hydroxylation sites is 1. The fourth-order valence-electron chi connectivity index (χ4n) is 7.20. The Morgan fingerprint density at radius 1 is 0.544 bits per heavy atom. The van der Waals surface area contributed by atoms with Gasteiger partial charge in [0.15, 0.2) is 17.5 Å². The lowest BCUT2D eigenvalue weighted by molar-refractivity contribution is 0.480. The van der Waals surface area contributed by atoms with Gasteiger partial charge in [-0.1, -0.05) is 120 Å². The molecule has 4 heterocycles. The lowest BCUT2D eigenvalue weighted by Crippen LogP contribution is -2.12. The van der Waals surface area contributed by atoms with E-state index < -0.39 is 0 Å². The van der Waals surface area contributed by atoms with Gasteiger partial charge >= 0.3 is 0 Å². The van der Waals surface area contributed by atoms with E-state index in [4.69, 9.17) is 24.7 Å². The molecular formula is C49H43N7O. The summed E-state index contributed by atoms with van der Waals surface area (Å²) in [7, 11) is 0. The molecule has 0 radical (unpaired) electrons. The Bertz CT molecular complexity index is 2830. The summed E-state index contributed by atoms with van der Waals surface area (Å²) >= 11 is 0. The number of hydrogen-bond donors (Lipinski definition) is 0. The van der Waals surface area contributed by atoms with Gasteiger partial charge in [-0.05, 0) is 58.4 Å². The smallest absolute Gasteiger partial charge is 0.167 e. The fraction of sp³-hybridized carbons (Fsp3) is 0.163. The molecule has 0 amide bonds. The van der Waals surface area contributed by atoms with Gasteiger partial charge < -0.3 is 9.30 Å². The Kier molecular flexibility index (Phi) is 8.77. The van der Waals surface area contributed by atoms with Crippen LogP contribution in [0.5, 0.6) is 11.5 Å². The first-order chi connectivity index (χ1) is 27.5. The fourth-order valence-corrected chi connectivity index (χ4v) is 7.20. The van der Waals surface area contributed by atoms with Gasteiger partial charge in [0.05, 0.1) is 28.6 Å². The van der Waals surface area contributed by atoms with Crippen LogP contribution in [0.3, 0.4) is 0 Å². The lowest BCUT2D eigenvalue weighted by atomic mass is 9.86. The van der Waals surface area contributed by atoms with E-state index in [1.165, 1.54) is 5.56 Å². The van der Waals surface area contributed by atoms with Crippen molar-refractivity contribution in [2.24, 2.45) is 0 Å². The highest BCUT2D eigenvalue weighted by molar-refractivity contribution is 6.11. The number of rotatable bonds is 7. The zero-order valence-electron chi connectivity index (χ0n) is 33.0. The molecule has 0 saturated carbocycles. The van der Waals surface area contributed by atoms with Crippen molar-refractivity contribution in [2.75, 3.05) is 0 Å². The summed E-state index contributed by atoms with van der Waals surface area (Å²) in [6, 6.07) is 43.5. The topological polar surface area (TPSA) is 83.5 Å². The summed E-state index contributed by atoms with van der Waals surface area (Å²) in [6.07, 6.45) is 7.44. The third-order valence-corrected chi connectivity index (χ3v) is 10.3. The Morgan fingerprint density at radius 2 is 1.19 bits per heavy atom. The molecule has 0 fully saturated rings. The first kappa shape index (κ1) is 35.8. The van der Waals surface area contributed by atoms with Crippen LogP contribution in [-0.4, -0.2) is 34.1 Å². The van der Waals surface area contributed by atoms with Crippen LogP contribution in [-0.2, 0) is 10.8 Å². The molecule has 0 unspecified atom stereocenters. The molecule has 0 bridgehead atoms. The number of ether oxygens (including phenoxy) is 1. The van der Waals surface area contributed by atoms with Crippen LogP contribution >= 0.6 is 0 Å². The third-order valence-electron chi connectivity index (χ3n) is 10.3. The minimum atomic E-state index is -0.152. The van der Waals surface area contributed by atoms with E-state index in [0.29, 0.717) is 29.0 Å². The van der Waals surface area contributed by atoms with Gasteiger partial charge in [0.2, 0.25) is 0 Å². The summed E-state index contributed by atoms with van der Waals surface area (Å²) in [5, 5.41) is 2.11. The molecule has 9 rings (SSSR count). The molecular weight excluding hydrogens is 703 g/mol. The number of hydrogen-bond acceptors (Lipinski definition) is 6. The predicted molar refractivity (Wildman–Crippen MR) is 229 cm³/mol. The lowest BCUT2D eigenvalue weighted by Gasteiger charge is -2.22. The van der Waals surface area contributed by atoms with Gasteiger partial charge in [-0.2, -0.15) is 0 Å². The predicted octanol–water partition coefficient (Wildman–Crippen LogP) is 11.9. The molecule has 0 spiro atoms. The van der Waals surface area contributed by atoms with E-state index in [0.717, 1.165) is 55.6 Å². The van der Waals surface area contributed by atoms with E-state index in [1.807, 2.05) is 83.7 Å². The zero-order valence-corrected chi connectivity index (χ0v) is 33.0. The number of pyridine rings is 1. The zero-order chi connectivity index (χ0) is 39.3. The number of fused-ring (bicyclic) bond motifs is 3. The Labute approximate surface area is 332 Å². The molecule has 280 valence electrons. The summed E-state index contributed by atoms with van der Waals surface area (Å²) < 4.78 is 11.4. The summed E-state index contributed by atoms with van der Waals surface area (Å²) in [5.41, 5.74) is 7.59. The van der Waals surface area contributed by atoms with Crippen LogP contribution in [0.15, 0.2) is 152 Å². The maximum atomic E-state index is 7.13. The highest BCUT2D eigenvalue weighted by Crippen LogP contribution is 2.42. The van der Waals surface area contributed by atoms with Crippen molar-refractivity contribution in [2.45, 2.75) is 52.4 Å². The molecule has 5 aromatic carbocycles. The van der Waals surface area contributed by atoms with E-state index in [1.54, 1.807) is 12.5 Å². The molecule has 0 atom stereocenters. The molecule has 57 heavy (non-hydrogen) atoms. The van der Waals surface area contributed by atoms with E-state index in [2.05, 4.69) is 112 Å². The molecule has 8 heteroatoms. The first-order valence-electron chi connectivity index (χ1n) is 19.2.